The molecular weight excluding hydrogens is 292 g/mol. The fraction of sp³-hybridized carbons (Fsp3) is 0.471. The number of rotatable bonds is 1. The van der Waals surface area contributed by atoms with Crippen molar-refractivity contribution in [2.75, 3.05) is 0 Å². The van der Waals surface area contributed by atoms with Crippen LogP contribution in [0.5, 0.6) is 0 Å². The van der Waals surface area contributed by atoms with Gasteiger partial charge in [-0.25, -0.2) is 10.4 Å². The molecule has 0 amide bonds. The van der Waals surface area contributed by atoms with E-state index >= 15 is 0 Å². The van der Waals surface area contributed by atoms with Crippen LogP contribution in [0, 0.1) is 11.8 Å². The first-order chi connectivity index (χ1) is 10.8. The van der Waals surface area contributed by atoms with Crippen LogP contribution in [0.25, 0.3) is 5.70 Å². The fourth-order valence-corrected chi connectivity index (χ4v) is 5.20. The average Bonchev–Trinajstić information content (AvgIpc) is 3.17. The lowest BCUT2D eigenvalue weighted by atomic mass is 9.80. The molecule has 2 aliphatic carbocycles. The van der Waals surface area contributed by atoms with Crippen molar-refractivity contribution in [1.29, 1.82) is 0 Å². The predicted molar refractivity (Wildman–Crippen MR) is 90.4 cm³/mol. The summed E-state index contributed by atoms with van der Waals surface area (Å²) in [5.74, 6) is 1.64. The van der Waals surface area contributed by atoms with Crippen molar-refractivity contribution in [1.82, 2.24) is 15.9 Å². The van der Waals surface area contributed by atoms with E-state index in [9.17, 15) is 0 Å². The molecule has 1 spiro atoms. The number of hydrogen-bond donors (Lipinski definition) is 2. The molecule has 2 N–H and O–H groups in total. The molecule has 0 saturated heterocycles. The number of hydrogen-bond acceptors (Lipinski definition) is 5. The standard InChI is InChI=1S/C17H20N4S/c1-2-4-13(5-3-1)15-11-22-16-18-19-17(20-21(15)16)9-8-12-6-7-14(17)10-12/h1-5,11-12,14,19-20H,6-10H2/t12-,14-,17?/m1/s1. The predicted octanol–water partition coefficient (Wildman–Crippen LogP) is 3.32. The molecule has 22 heavy (non-hydrogen) atoms. The van der Waals surface area contributed by atoms with E-state index in [0.29, 0.717) is 5.92 Å². The van der Waals surface area contributed by atoms with Gasteiger partial charge in [-0.3, -0.25) is 5.43 Å². The summed E-state index contributed by atoms with van der Waals surface area (Å²) >= 11 is 1.68. The first kappa shape index (κ1) is 13.0. The van der Waals surface area contributed by atoms with Gasteiger partial charge in [-0.05, 0) is 37.5 Å². The van der Waals surface area contributed by atoms with Crippen LogP contribution in [0.2, 0.25) is 0 Å². The summed E-state index contributed by atoms with van der Waals surface area (Å²) in [5.41, 5.74) is 9.70. The molecule has 114 valence electrons. The molecule has 2 heterocycles. The van der Waals surface area contributed by atoms with Gasteiger partial charge in [0.25, 0.3) is 0 Å². The van der Waals surface area contributed by atoms with Crippen molar-refractivity contribution in [2.45, 2.75) is 37.8 Å². The third-order valence-corrected chi connectivity index (χ3v) is 6.45. The normalized spacial score (nSPS) is 35.9. The Kier molecular flexibility index (Phi) is 2.82. The van der Waals surface area contributed by atoms with Crippen LogP contribution < -0.4 is 10.9 Å². The largest absolute Gasteiger partial charge is 0.285 e. The molecule has 3 atom stereocenters. The summed E-state index contributed by atoms with van der Waals surface area (Å²) in [6.45, 7) is 0. The van der Waals surface area contributed by atoms with Crippen LogP contribution in [-0.4, -0.2) is 15.8 Å². The maximum atomic E-state index is 4.70. The van der Waals surface area contributed by atoms with E-state index in [0.717, 1.165) is 11.1 Å². The second-order valence-corrected chi connectivity index (χ2v) is 7.66. The maximum Gasteiger partial charge on any atom is 0.206 e. The van der Waals surface area contributed by atoms with Gasteiger partial charge in [-0.15, -0.1) is 0 Å². The zero-order valence-electron chi connectivity index (χ0n) is 12.5. The third-order valence-electron chi connectivity index (χ3n) is 5.63. The Labute approximate surface area is 135 Å². The first-order valence-electron chi connectivity index (χ1n) is 8.19. The van der Waals surface area contributed by atoms with Gasteiger partial charge in [-0.2, -0.15) is 5.10 Å². The molecule has 2 saturated carbocycles. The number of hydrazine groups is 1. The van der Waals surface area contributed by atoms with Gasteiger partial charge in [0.1, 0.15) is 5.66 Å². The highest BCUT2D eigenvalue weighted by atomic mass is 32.2. The first-order valence-corrected chi connectivity index (χ1v) is 9.07. The monoisotopic (exact) mass is 312 g/mol. The van der Waals surface area contributed by atoms with Gasteiger partial charge in [0.15, 0.2) is 0 Å². The highest BCUT2D eigenvalue weighted by molar-refractivity contribution is 8.16. The molecule has 4 nitrogen and oxygen atoms in total. The van der Waals surface area contributed by atoms with Crippen LogP contribution in [0.15, 0.2) is 40.8 Å². The molecule has 5 heteroatoms. The Balaban J connectivity index is 1.48. The van der Waals surface area contributed by atoms with Crippen LogP contribution >= 0.6 is 11.8 Å². The Morgan fingerprint density at radius 3 is 3.00 bits per heavy atom. The second kappa shape index (κ2) is 4.77. The van der Waals surface area contributed by atoms with Gasteiger partial charge in [-0.1, -0.05) is 48.5 Å². The molecule has 2 bridgehead atoms. The Morgan fingerprint density at radius 2 is 2.09 bits per heavy atom. The van der Waals surface area contributed by atoms with Crippen molar-refractivity contribution in [3.8, 4) is 0 Å². The molecule has 1 unspecified atom stereocenters. The molecule has 4 aliphatic rings. The number of benzene rings is 1. The summed E-state index contributed by atoms with van der Waals surface area (Å²) in [6, 6.07) is 10.6. The zero-order chi connectivity index (χ0) is 14.6. The van der Waals surface area contributed by atoms with E-state index in [4.69, 9.17) is 5.10 Å². The molecule has 1 aromatic rings. The van der Waals surface area contributed by atoms with Crippen molar-refractivity contribution in [3.05, 3.63) is 41.3 Å². The summed E-state index contributed by atoms with van der Waals surface area (Å²) in [6.07, 6.45) is 6.54. The molecule has 2 aliphatic heterocycles. The fourth-order valence-electron chi connectivity index (χ4n) is 4.39. The summed E-state index contributed by atoms with van der Waals surface area (Å²) in [5, 5.41) is 10.1. The van der Waals surface area contributed by atoms with Crippen LogP contribution in [0.1, 0.15) is 37.7 Å². The number of fused-ring (bicyclic) bond motifs is 4. The number of nitrogens with zero attached hydrogens (tertiary/aromatic N) is 2. The molecule has 0 aromatic heterocycles. The van der Waals surface area contributed by atoms with E-state index < -0.39 is 0 Å². The highest BCUT2D eigenvalue weighted by Crippen LogP contribution is 2.48. The van der Waals surface area contributed by atoms with Gasteiger partial charge < -0.3 is 0 Å². The second-order valence-electron chi connectivity index (χ2n) is 6.83. The molecule has 5 rings (SSSR count). The summed E-state index contributed by atoms with van der Waals surface area (Å²) in [7, 11) is 0. The lowest BCUT2D eigenvalue weighted by Crippen LogP contribution is -2.68. The van der Waals surface area contributed by atoms with E-state index in [2.05, 4.69) is 51.6 Å². The molecule has 2 fully saturated rings. The van der Waals surface area contributed by atoms with E-state index in [-0.39, 0.29) is 5.66 Å². The van der Waals surface area contributed by atoms with Crippen molar-refractivity contribution in [2.24, 2.45) is 16.9 Å². The SMILES string of the molecule is C1=C(c2ccccc2)N2NC3(CC[C@H]4CC[C@@H]3C4)NN=C2S1. The lowest BCUT2D eigenvalue weighted by Gasteiger charge is -2.48. The number of amidine groups is 1. The van der Waals surface area contributed by atoms with Crippen LogP contribution in [0.4, 0.5) is 0 Å². The molecular formula is C17H20N4S. The van der Waals surface area contributed by atoms with Gasteiger partial charge in [0.05, 0.1) is 5.70 Å². The van der Waals surface area contributed by atoms with Gasteiger partial charge >= 0.3 is 0 Å². The number of hydrazone groups is 1. The highest BCUT2D eigenvalue weighted by Gasteiger charge is 2.50. The quantitative estimate of drug-likeness (QED) is 0.834. The van der Waals surface area contributed by atoms with Crippen molar-refractivity contribution >= 4 is 22.6 Å². The Hall–Kier alpha value is -1.46. The van der Waals surface area contributed by atoms with Gasteiger partial charge in [0, 0.05) is 11.0 Å². The van der Waals surface area contributed by atoms with Crippen molar-refractivity contribution in [3.63, 3.8) is 0 Å². The minimum atomic E-state index is -0.0464. The average molecular weight is 312 g/mol. The van der Waals surface area contributed by atoms with E-state index in [1.165, 1.54) is 43.4 Å². The molecule has 1 aromatic carbocycles. The molecule has 0 radical (unpaired) electrons. The summed E-state index contributed by atoms with van der Waals surface area (Å²) in [4.78, 5) is 0. The number of nitrogens with one attached hydrogen (secondary N) is 2. The topological polar surface area (TPSA) is 39.7 Å². The van der Waals surface area contributed by atoms with E-state index in [1.54, 1.807) is 11.8 Å². The Morgan fingerprint density at radius 1 is 1.18 bits per heavy atom. The smallest absolute Gasteiger partial charge is 0.206 e. The third kappa shape index (κ3) is 1.85. The number of thioether (sulfide) groups is 1. The Bertz CT molecular complexity index is 656. The van der Waals surface area contributed by atoms with E-state index in [1.807, 2.05) is 0 Å². The van der Waals surface area contributed by atoms with Crippen LogP contribution in [-0.2, 0) is 0 Å². The maximum absolute atomic E-state index is 4.70. The zero-order valence-corrected chi connectivity index (χ0v) is 13.3. The minimum absolute atomic E-state index is 0.0464. The minimum Gasteiger partial charge on any atom is -0.285 e. The van der Waals surface area contributed by atoms with Crippen LogP contribution in [0.3, 0.4) is 0 Å². The summed E-state index contributed by atoms with van der Waals surface area (Å²) < 4.78 is 0. The van der Waals surface area contributed by atoms with Gasteiger partial charge in [0.2, 0.25) is 5.17 Å². The van der Waals surface area contributed by atoms with Crippen molar-refractivity contribution < 1.29 is 0 Å². The lowest BCUT2D eigenvalue weighted by molar-refractivity contribution is 0.0580.